The number of rotatable bonds is 3. The van der Waals surface area contributed by atoms with Crippen molar-refractivity contribution in [3.63, 3.8) is 0 Å². The van der Waals surface area contributed by atoms with E-state index in [1.165, 1.54) is 0 Å². The first kappa shape index (κ1) is 13.5. The second-order valence-corrected chi connectivity index (χ2v) is 5.04. The van der Waals surface area contributed by atoms with E-state index in [4.69, 9.17) is 39.5 Å². The molecular weight excluding hydrogens is 291 g/mol. The summed E-state index contributed by atoms with van der Waals surface area (Å²) in [6.07, 6.45) is 0. The van der Waals surface area contributed by atoms with Gasteiger partial charge in [-0.3, -0.25) is 0 Å². The topological polar surface area (TPSA) is 9.23 Å². The average Bonchev–Trinajstić information content (AvgIpc) is 2.34. The third-order valence-electron chi connectivity index (χ3n) is 2.54. The van der Waals surface area contributed by atoms with Crippen molar-refractivity contribution < 1.29 is 4.74 Å². The van der Waals surface area contributed by atoms with Gasteiger partial charge in [0.15, 0.2) is 0 Å². The molecule has 0 aliphatic heterocycles. The molecule has 0 N–H and O–H groups in total. The zero-order chi connectivity index (χ0) is 13.1. The van der Waals surface area contributed by atoms with Gasteiger partial charge < -0.3 is 4.74 Å². The monoisotopic (exact) mass is 300 g/mol. The van der Waals surface area contributed by atoms with E-state index in [-0.39, 0.29) is 0 Å². The van der Waals surface area contributed by atoms with Gasteiger partial charge in [0.2, 0.25) is 0 Å². The van der Waals surface area contributed by atoms with E-state index in [0.29, 0.717) is 27.4 Å². The molecule has 0 spiro atoms. The van der Waals surface area contributed by atoms with Crippen LogP contribution < -0.4 is 4.74 Å². The predicted molar refractivity (Wildman–Crippen MR) is 77.3 cm³/mol. The maximum atomic E-state index is 5.96. The number of benzene rings is 2. The number of hydrogen-bond acceptors (Lipinski definition) is 1. The molecule has 0 fully saturated rings. The van der Waals surface area contributed by atoms with E-state index in [2.05, 4.69) is 0 Å². The van der Waals surface area contributed by atoms with E-state index in [9.17, 15) is 0 Å². The third-order valence-corrected chi connectivity index (χ3v) is 3.30. The summed E-state index contributed by atoms with van der Waals surface area (Å²) in [6.45, 7) is 1.95. The molecule has 0 aliphatic carbocycles. The van der Waals surface area contributed by atoms with Gasteiger partial charge in [-0.15, -0.1) is 11.6 Å². The summed E-state index contributed by atoms with van der Waals surface area (Å²) < 4.78 is 5.84. The Morgan fingerprint density at radius 1 is 0.944 bits per heavy atom. The van der Waals surface area contributed by atoms with Crippen molar-refractivity contribution in [3.8, 4) is 11.5 Å². The highest BCUT2D eigenvalue weighted by Crippen LogP contribution is 2.32. The minimum absolute atomic E-state index is 0.367. The molecule has 2 aromatic rings. The first-order chi connectivity index (χ1) is 8.60. The van der Waals surface area contributed by atoms with E-state index in [1.54, 1.807) is 18.2 Å². The Bertz CT molecular complexity index is 567. The molecule has 94 valence electrons. The van der Waals surface area contributed by atoms with Crippen molar-refractivity contribution in [2.75, 3.05) is 0 Å². The second kappa shape index (κ2) is 5.83. The van der Waals surface area contributed by atoms with Crippen LogP contribution in [-0.4, -0.2) is 0 Å². The van der Waals surface area contributed by atoms with Gasteiger partial charge >= 0.3 is 0 Å². The zero-order valence-corrected chi connectivity index (χ0v) is 12.0. The Hall–Kier alpha value is -0.890. The van der Waals surface area contributed by atoms with Crippen molar-refractivity contribution in [2.24, 2.45) is 0 Å². The maximum absolute atomic E-state index is 5.96. The molecule has 1 nitrogen and oxygen atoms in total. The molecule has 2 rings (SSSR count). The third kappa shape index (κ3) is 3.11. The van der Waals surface area contributed by atoms with Gasteiger partial charge in [0.25, 0.3) is 0 Å². The number of aryl methyl sites for hydroxylation is 1. The minimum atomic E-state index is 0.367. The van der Waals surface area contributed by atoms with Crippen molar-refractivity contribution in [1.82, 2.24) is 0 Å². The van der Waals surface area contributed by atoms with Crippen LogP contribution in [0.5, 0.6) is 11.5 Å². The summed E-state index contributed by atoms with van der Waals surface area (Å²) in [6, 6.07) is 10.9. The van der Waals surface area contributed by atoms with Gasteiger partial charge in [-0.25, -0.2) is 0 Å². The van der Waals surface area contributed by atoms with E-state index in [1.807, 2.05) is 25.1 Å². The van der Waals surface area contributed by atoms with Crippen LogP contribution in [0.1, 0.15) is 11.1 Å². The van der Waals surface area contributed by atoms with Crippen molar-refractivity contribution in [2.45, 2.75) is 12.8 Å². The SMILES string of the molecule is Cc1ccc(Cl)cc1Oc1cc(Cl)ccc1CCl. The molecule has 0 heterocycles. The Labute approximate surface area is 121 Å². The molecule has 0 aliphatic rings. The molecule has 0 saturated carbocycles. The highest BCUT2D eigenvalue weighted by Gasteiger charge is 2.08. The zero-order valence-electron chi connectivity index (χ0n) is 9.71. The van der Waals surface area contributed by atoms with E-state index >= 15 is 0 Å². The molecule has 0 saturated heterocycles. The summed E-state index contributed by atoms with van der Waals surface area (Å²) in [7, 11) is 0. The van der Waals surface area contributed by atoms with Crippen LogP contribution in [0.2, 0.25) is 10.0 Å². The van der Waals surface area contributed by atoms with E-state index in [0.717, 1.165) is 11.1 Å². The van der Waals surface area contributed by atoms with Gasteiger partial charge in [0.05, 0.1) is 5.88 Å². The smallest absolute Gasteiger partial charge is 0.133 e. The van der Waals surface area contributed by atoms with Crippen LogP contribution in [-0.2, 0) is 5.88 Å². The summed E-state index contributed by atoms with van der Waals surface area (Å²) in [5.41, 5.74) is 1.89. The van der Waals surface area contributed by atoms with Gasteiger partial charge in [0, 0.05) is 15.6 Å². The predicted octanol–water partition coefficient (Wildman–Crippen LogP) is 5.83. The molecule has 18 heavy (non-hydrogen) atoms. The molecule has 0 unspecified atom stereocenters. The number of halogens is 3. The lowest BCUT2D eigenvalue weighted by Crippen LogP contribution is -1.91. The van der Waals surface area contributed by atoms with Crippen LogP contribution in [0.4, 0.5) is 0 Å². The first-order valence-electron chi connectivity index (χ1n) is 5.38. The maximum Gasteiger partial charge on any atom is 0.133 e. The Morgan fingerprint density at radius 3 is 2.22 bits per heavy atom. The summed E-state index contributed by atoms with van der Waals surface area (Å²) in [4.78, 5) is 0. The van der Waals surface area contributed by atoms with Crippen LogP contribution in [0.15, 0.2) is 36.4 Å². The molecule has 0 radical (unpaired) electrons. The van der Waals surface area contributed by atoms with Crippen LogP contribution in [0.25, 0.3) is 0 Å². The fourth-order valence-corrected chi connectivity index (χ4v) is 2.08. The summed E-state index contributed by atoms with van der Waals surface area (Å²) >= 11 is 17.8. The molecule has 0 aromatic heterocycles. The number of hydrogen-bond donors (Lipinski definition) is 0. The lowest BCUT2D eigenvalue weighted by molar-refractivity contribution is 0.475. The summed E-state index contributed by atoms with van der Waals surface area (Å²) in [5.74, 6) is 1.73. The highest BCUT2D eigenvalue weighted by atomic mass is 35.5. The van der Waals surface area contributed by atoms with Crippen molar-refractivity contribution >= 4 is 34.8 Å². The summed E-state index contributed by atoms with van der Waals surface area (Å²) in [5, 5.41) is 1.24. The molecule has 0 atom stereocenters. The van der Waals surface area contributed by atoms with Gasteiger partial charge in [-0.2, -0.15) is 0 Å². The average molecular weight is 302 g/mol. The molecule has 4 heteroatoms. The Morgan fingerprint density at radius 2 is 1.56 bits per heavy atom. The van der Waals surface area contributed by atoms with Gasteiger partial charge in [0.1, 0.15) is 11.5 Å². The first-order valence-corrected chi connectivity index (χ1v) is 6.67. The number of ether oxygens (including phenoxy) is 1. The highest BCUT2D eigenvalue weighted by molar-refractivity contribution is 6.31. The lowest BCUT2D eigenvalue weighted by atomic mass is 10.2. The van der Waals surface area contributed by atoms with E-state index < -0.39 is 0 Å². The normalized spacial score (nSPS) is 10.4. The minimum Gasteiger partial charge on any atom is -0.457 e. The molecule has 2 aromatic carbocycles. The van der Waals surface area contributed by atoms with Gasteiger partial charge in [-0.05, 0) is 36.8 Å². The van der Waals surface area contributed by atoms with Crippen LogP contribution >= 0.6 is 34.8 Å². The second-order valence-electron chi connectivity index (χ2n) is 3.90. The standard InChI is InChI=1S/C14H11Cl3O/c1-9-2-4-11(16)6-13(9)18-14-7-12(17)5-3-10(14)8-15/h2-7H,8H2,1H3. The fourth-order valence-electron chi connectivity index (χ4n) is 1.54. The molecule has 0 amide bonds. The van der Waals surface area contributed by atoms with Crippen LogP contribution in [0, 0.1) is 6.92 Å². The Kier molecular flexibility index (Phi) is 4.39. The van der Waals surface area contributed by atoms with Crippen molar-refractivity contribution in [1.29, 1.82) is 0 Å². The molecule has 0 bridgehead atoms. The molecular formula is C14H11Cl3O. The largest absolute Gasteiger partial charge is 0.457 e. The van der Waals surface area contributed by atoms with Gasteiger partial charge in [-0.1, -0.05) is 35.3 Å². The lowest BCUT2D eigenvalue weighted by Gasteiger charge is -2.12. The fraction of sp³-hybridized carbons (Fsp3) is 0.143. The quantitative estimate of drug-likeness (QED) is 0.648. The number of alkyl halides is 1. The van der Waals surface area contributed by atoms with Crippen LogP contribution in [0.3, 0.4) is 0 Å². The Balaban J connectivity index is 2.38. The van der Waals surface area contributed by atoms with Crippen molar-refractivity contribution in [3.05, 3.63) is 57.6 Å².